The van der Waals surface area contributed by atoms with Gasteiger partial charge in [-0.1, -0.05) is 37.3 Å². The van der Waals surface area contributed by atoms with Crippen LogP contribution in [0.3, 0.4) is 0 Å². The van der Waals surface area contributed by atoms with E-state index < -0.39 is 39.3 Å². The maximum Gasteiger partial charge on any atom is 0.341 e. The van der Waals surface area contributed by atoms with Crippen LogP contribution in [0.15, 0.2) is 59.1 Å². The summed E-state index contributed by atoms with van der Waals surface area (Å²) in [5, 5.41) is 14.4. The number of hydrogen-bond donors (Lipinski definition) is 2. The molecular weight excluding hydrogens is 454 g/mol. The molecule has 11 heteroatoms. The first-order valence-corrected chi connectivity index (χ1v) is 12.1. The van der Waals surface area contributed by atoms with Crippen molar-refractivity contribution in [2.24, 2.45) is 5.92 Å². The van der Waals surface area contributed by atoms with Gasteiger partial charge in [0, 0.05) is 12.1 Å². The molecule has 3 atom stereocenters. The zero-order valence-corrected chi connectivity index (χ0v) is 18.9. The number of hydrogen-bond acceptors (Lipinski definition) is 7. The molecule has 0 bridgehead atoms. The minimum absolute atomic E-state index is 0.0489. The van der Waals surface area contributed by atoms with Crippen molar-refractivity contribution in [2.45, 2.75) is 29.5 Å². The number of nitrogens with one attached hydrogen (secondary N) is 1. The van der Waals surface area contributed by atoms with Crippen molar-refractivity contribution in [1.82, 2.24) is 14.5 Å². The lowest BCUT2D eigenvalue weighted by molar-refractivity contribution is -0.140. The number of benzene rings is 1. The maximum absolute atomic E-state index is 13.1. The lowest BCUT2D eigenvalue weighted by atomic mass is 10.1. The van der Waals surface area contributed by atoms with Crippen LogP contribution in [-0.4, -0.2) is 47.4 Å². The van der Waals surface area contributed by atoms with E-state index in [0.29, 0.717) is 5.00 Å². The van der Waals surface area contributed by atoms with Crippen molar-refractivity contribution in [3.05, 3.63) is 66.0 Å². The quantitative estimate of drug-likeness (QED) is 0.479. The summed E-state index contributed by atoms with van der Waals surface area (Å²) in [6.07, 6.45) is 2.78. The normalized spacial score (nSPS) is 22.4. The van der Waals surface area contributed by atoms with Crippen molar-refractivity contribution in [3.8, 4) is 5.00 Å². The summed E-state index contributed by atoms with van der Waals surface area (Å²) < 4.78 is 34.9. The molecule has 0 spiro atoms. The van der Waals surface area contributed by atoms with Crippen LogP contribution >= 0.6 is 11.3 Å². The van der Waals surface area contributed by atoms with Gasteiger partial charge in [0.25, 0.3) is 10.0 Å². The van der Waals surface area contributed by atoms with Gasteiger partial charge in [-0.2, -0.15) is 9.82 Å². The number of carboxylic acids is 1. The van der Waals surface area contributed by atoms with E-state index in [4.69, 9.17) is 4.74 Å². The Morgan fingerprint density at radius 2 is 1.97 bits per heavy atom. The van der Waals surface area contributed by atoms with Crippen molar-refractivity contribution in [3.63, 3.8) is 0 Å². The van der Waals surface area contributed by atoms with E-state index in [-0.39, 0.29) is 16.4 Å². The second-order valence-corrected chi connectivity index (χ2v) is 10.4. The van der Waals surface area contributed by atoms with E-state index in [9.17, 15) is 23.1 Å². The molecule has 0 aliphatic heterocycles. The first-order valence-electron chi connectivity index (χ1n) is 9.85. The fourth-order valence-corrected chi connectivity index (χ4v) is 6.60. The Bertz CT molecular complexity index is 1270. The van der Waals surface area contributed by atoms with Crippen molar-refractivity contribution in [1.29, 1.82) is 0 Å². The number of rotatable bonds is 8. The number of aliphatic carboxylic acids is 1. The minimum Gasteiger partial charge on any atom is -0.480 e. The molecular formula is C21H21N3O6S2. The third kappa shape index (κ3) is 3.72. The van der Waals surface area contributed by atoms with Gasteiger partial charge in [-0.25, -0.2) is 17.9 Å². The Morgan fingerprint density at radius 1 is 1.25 bits per heavy atom. The Morgan fingerprint density at radius 3 is 2.62 bits per heavy atom. The summed E-state index contributed by atoms with van der Waals surface area (Å²) in [6, 6.07) is 11.9. The largest absolute Gasteiger partial charge is 0.480 e. The number of aromatic nitrogens is 2. The summed E-state index contributed by atoms with van der Waals surface area (Å²) in [5.41, 5.74) is -0.613. The van der Waals surface area contributed by atoms with Gasteiger partial charge in [0.1, 0.15) is 14.7 Å². The second kappa shape index (κ2) is 8.15. The van der Waals surface area contributed by atoms with Gasteiger partial charge in [0.15, 0.2) is 0 Å². The highest BCUT2D eigenvalue weighted by molar-refractivity contribution is 7.91. The average molecular weight is 476 g/mol. The fraction of sp³-hybridized carbons (Fsp3) is 0.286. The van der Waals surface area contributed by atoms with Crippen molar-refractivity contribution >= 4 is 33.3 Å². The highest BCUT2D eigenvalue weighted by atomic mass is 32.2. The number of esters is 1. The Balaban J connectivity index is 1.59. The minimum atomic E-state index is -4.12. The molecule has 1 fully saturated rings. The predicted octanol–water partition coefficient (Wildman–Crippen LogP) is 2.65. The average Bonchev–Trinajstić information content (AvgIpc) is 3.20. The summed E-state index contributed by atoms with van der Waals surface area (Å²) >= 11 is 0.915. The number of ether oxygens (including phenoxy) is 1. The summed E-state index contributed by atoms with van der Waals surface area (Å²) in [7, 11) is -4.12. The van der Waals surface area contributed by atoms with Crippen LogP contribution in [-0.2, 0) is 19.6 Å². The molecule has 1 aromatic carbocycles. The third-order valence-corrected chi connectivity index (χ3v) is 8.62. The number of thiophene rings is 1. The van der Waals surface area contributed by atoms with E-state index in [2.05, 4.69) is 9.82 Å². The molecule has 0 radical (unpaired) electrons. The summed E-state index contributed by atoms with van der Waals surface area (Å²) in [5.74, 6) is -2.64. The first-order chi connectivity index (χ1) is 15.2. The van der Waals surface area contributed by atoms with E-state index in [0.717, 1.165) is 16.9 Å². The number of carbonyl (C=O) groups is 2. The molecule has 9 nitrogen and oxygen atoms in total. The van der Waals surface area contributed by atoms with Gasteiger partial charge in [0.05, 0.1) is 18.4 Å². The molecule has 4 rings (SSSR count). The van der Waals surface area contributed by atoms with E-state index in [1.54, 1.807) is 44.2 Å². The molecule has 168 valence electrons. The van der Waals surface area contributed by atoms with Crippen LogP contribution < -0.4 is 4.72 Å². The number of carbonyl (C=O) groups excluding carboxylic acids is 1. The van der Waals surface area contributed by atoms with Crippen LogP contribution in [0.5, 0.6) is 0 Å². The van der Waals surface area contributed by atoms with E-state index in [1.807, 2.05) is 6.07 Å². The van der Waals surface area contributed by atoms with Crippen molar-refractivity contribution < 1.29 is 27.9 Å². The van der Waals surface area contributed by atoms with Gasteiger partial charge in [-0.3, -0.25) is 4.79 Å². The second-order valence-electron chi connectivity index (χ2n) is 7.44. The smallest absolute Gasteiger partial charge is 0.341 e. The summed E-state index contributed by atoms with van der Waals surface area (Å²) in [6.45, 7) is 3.64. The van der Waals surface area contributed by atoms with Crippen LogP contribution in [0.1, 0.15) is 35.7 Å². The Kier molecular flexibility index (Phi) is 5.65. The Hall–Kier alpha value is -3.02. The zero-order valence-electron chi connectivity index (χ0n) is 17.3. The molecule has 2 heterocycles. The monoisotopic (exact) mass is 475 g/mol. The molecule has 1 saturated carbocycles. The van der Waals surface area contributed by atoms with Gasteiger partial charge >= 0.3 is 11.9 Å². The maximum atomic E-state index is 13.1. The van der Waals surface area contributed by atoms with Crippen LogP contribution in [0, 0.1) is 5.92 Å². The lowest BCUT2D eigenvalue weighted by Gasteiger charge is -2.15. The standard InChI is InChI=1S/C21H21N3O6S2/c1-3-30-19(25)15-11-22-24(12-15)16-9-10-17(31-16)32(28,29)23-21(20(26)27)13(2)18(21)14-7-5-4-6-8-14/h4-13,18,23H,3H2,1-2H3,(H,26,27)/t13-,18+,21+/m1/s1. The molecule has 1 aliphatic rings. The van der Waals surface area contributed by atoms with E-state index in [1.165, 1.54) is 23.1 Å². The Labute approximate surface area is 188 Å². The van der Waals surface area contributed by atoms with Gasteiger partial charge in [0.2, 0.25) is 0 Å². The third-order valence-electron chi connectivity index (χ3n) is 5.57. The highest BCUT2D eigenvalue weighted by Gasteiger charge is 2.70. The fourth-order valence-electron chi connectivity index (χ4n) is 3.91. The van der Waals surface area contributed by atoms with Gasteiger partial charge in [-0.05, 0) is 30.5 Å². The van der Waals surface area contributed by atoms with Gasteiger partial charge in [-0.15, -0.1) is 11.3 Å². The highest BCUT2D eigenvalue weighted by Crippen LogP contribution is 2.58. The molecule has 0 amide bonds. The van der Waals surface area contributed by atoms with Gasteiger partial charge < -0.3 is 9.84 Å². The molecule has 2 aromatic heterocycles. The summed E-state index contributed by atoms with van der Waals surface area (Å²) in [4.78, 5) is 24.0. The number of carboxylic acid groups (broad SMARTS) is 1. The molecule has 32 heavy (non-hydrogen) atoms. The topological polar surface area (TPSA) is 128 Å². The first kappa shape index (κ1) is 22.2. The molecule has 2 N–H and O–H groups in total. The van der Waals surface area contributed by atoms with Crippen LogP contribution in [0.2, 0.25) is 0 Å². The molecule has 0 unspecified atom stereocenters. The number of sulfonamides is 1. The SMILES string of the molecule is CCOC(=O)c1cnn(-c2ccc(S(=O)(=O)N[C@@]3(C(=O)O)[C@H](C)[C@H]3c3ccccc3)s2)c1. The number of nitrogens with zero attached hydrogens (tertiary/aromatic N) is 2. The molecule has 0 saturated heterocycles. The molecule has 3 aromatic rings. The predicted molar refractivity (Wildman–Crippen MR) is 116 cm³/mol. The lowest BCUT2D eigenvalue weighted by Crippen LogP contribution is -2.45. The zero-order chi connectivity index (χ0) is 23.1. The van der Waals surface area contributed by atoms with E-state index >= 15 is 0 Å². The van der Waals surface area contributed by atoms with Crippen LogP contribution in [0.25, 0.3) is 5.00 Å². The molecule has 1 aliphatic carbocycles. The van der Waals surface area contributed by atoms with Crippen molar-refractivity contribution in [2.75, 3.05) is 6.61 Å². The van der Waals surface area contributed by atoms with Crippen LogP contribution in [0.4, 0.5) is 0 Å².